The van der Waals surface area contributed by atoms with Gasteiger partial charge in [-0.15, -0.1) is 0 Å². The van der Waals surface area contributed by atoms with Gasteiger partial charge in [-0.1, -0.05) is 59.8 Å². The molecule has 0 spiro atoms. The third-order valence-corrected chi connectivity index (χ3v) is 4.72. The van der Waals surface area contributed by atoms with E-state index in [-0.39, 0.29) is 0 Å². The van der Waals surface area contributed by atoms with Crippen LogP contribution in [0.15, 0.2) is 70.5 Å². The number of hydrogen-bond acceptors (Lipinski definition) is 2. The van der Waals surface area contributed by atoms with Crippen LogP contribution < -0.4 is 5.73 Å². The Morgan fingerprint density at radius 3 is 2.52 bits per heavy atom. The van der Waals surface area contributed by atoms with Crippen molar-refractivity contribution in [3.63, 3.8) is 0 Å². The van der Waals surface area contributed by atoms with Crippen LogP contribution in [0, 0.1) is 0 Å². The maximum Gasteiger partial charge on any atom is 0.0417 e. The quantitative estimate of drug-likeness (QED) is 0.721. The van der Waals surface area contributed by atoms with Crippen molar-refractivity contribution in [2.75, 3.05) is 6.54 Å². The molecular weight excluding hydrogens is 298 g/mol. The predicted molar refractivity (Wildman–Crippen MR) is 92.3 cm³/mol. The monoisotopic (exact) mass is 313 g/mol. The number of halogens is 1. The van der Waals surface area contributed by atoms with Crippen LogP contribution in [-0.4, -0.2) is 6.54 Å². The summed E-state index contributed by atoms with van der Waals surface area (Å²) in [7, 11) is 0. The van der Waals surface area contributed by atoms with Gasteiger partial charge in [0, 0.05) is 14.8 Å². The predicted octanol–water partition coefficient (Wildman–Crippen LogP) is 5.15. The topological polar surface area (TPSA) is 26.0 Å². The summed E-state index contributed by atoms with van der Waals surface area (Å²) in [6, 6.07) is 20.9. The van der Waals surface area contributed by atoms with Gasteiger partial charge in [-0.05, 0) is 53.6 Å². The summed E-state index contributed by atoms with van der Waals surface area (Å²) in [6.07, 6.45) is 0.868. The summed E-state index contributed by atoms with van der Waals surface area (Å²) in [4.78, 5) is 2.40. The van der Waals surface area contributed by atoms with E-state index < -0.39 is 0 Å². The number of rotatable bonds is 4. The van der Waals surface area contributed by atoms with Gasteiger partial charge in [0.2, 0.25) is 0 Å². The van der Waals surface area contributed by atoms with Crippen LogP contribution in [0.3, 0.4) is 0 Å². The summed E-state index contributed by atoms with van der Waals surface area (Å²) in [5, 5.41) is 3.28. The van der Waals surface area contributed by atoms with Crippen molar-refractivity contribution in [1.82, 2.24) is 0 Å². The zero-order chi connectivity index (χ0) is 14.7. The Morgan fingerprint density at radius 2 is 1.71 bits per heavy atom. The van der Waals surface area contributed by atoms with Crippen LogP contribution in [0.1, 0.15) is 5.56 Å². The molecular formula is C18H16ClNS. The molecule has 0 unspecified atom stereocenters. The van der Waals surface area contributed by atoms with Gasteiger partial charge < -0.3 is 5.73 Å². The van der Waals surface area contributed by atoms with Crippen LogP contribution in [0.25, 0.3) is 10.8 Å². The fraction of sp³-hybridized carbons (Fsp3) is 0.111. The lowest BCUT2D eigenvalue weighted by Gasteiger charge is -2.10. The van der Waals surface area contributed by atoms with Crippen LogP contribution in [0.4, 0.5) is 0 Å². The van der Waals surface area contributed by atoms with Crippen LogP contribution in [0.2, 0.25) is 5.02 Å². The Bertz CT molecular complexity index is 770. The highest BCUT2D eigenvalue weighted by atomic mass is 35.5. The molecule has 0 saturated heterocycles. The van der Waals surface area contributed by atoms with E-state index in [1.807, 2.05) is 12.1 Å². The van der Waals surface area contributed by atoms with Crippen molar-refractivity contribution in [3.8, 4) is 0 Å². The molecule has 106 valence electrons. The Morgan fingerprint density at radius 1 is 0.905 bits per heavy atom. The molecule has 0 radical (unpaired) electrons. The van der Waals surface area contributed by atoms with Crippen molar-refractivity contribution in [1.29, 1.82) is 0 Å². The Hall–Kier alpha value is -1.48. The molecule has 3 aromatic rings. The van der Waals surface area contributed by atoms with E-state index >= 15 is 0 Å². The first-order chi connectivity index (χ1) is 10.3. The molecule has 21 heavy (non-hydrogen) atoms. The fourth-order valence-electron chi connectivity index (χ4n) is 2.34. The second-order valence-electron chi connectivity index (χ2n) is 4.90. The maximum absolute atomic E-state index is 6.13. The first kappa shape index (κ1) is 14.5. The van der Waals surface area contributed by atoms with Gasteiger partial charge in [-0.3, -0.25) is 0 Å². The molecule has 0 saturated carbocycles. The van der Waals surface area contributed by atoms with E-state index in [1.54, 1.807) is 11.8 Å². The Labute approximate surface area is 134 Å². The summed E-state index contributed by atoms with van der Waals surface area (Å²) < 4.78 is 0. The Balaban J connectivity index is 1.95. The highest BCUT2D eigenvalue weighted by molar-refractivity contribution is 7.99. The van der Waals surface area contributed by atoms with Gasteiger partial charge in [0.1, 0.15) is 0 Å². The summed E-state index contributed by atoms with van der Waals surface area (Å²) in [5.41, 5.74) is 6.94. The van der Waals surface area contributed by atoms with Crippen LogP contribution in [0.5, 0.6) is 0 Å². The summed E-state index contributed by atoms with van der Waals surface area (Å²) >= 11 is 7.88. The van der Waals surface area contributed by atoms with Gasteiger partial charge in [0.05, 0.1) is 0 Å². The van der Waals surface area contributed by atoms with Gasteiger partial charge in [0.25, 0.3) is 0 Å². The molecule has 0 aliphatic carbocycles. The molecule has 0 amide bonds. The van der Waals surface area contributed by atoms with E-state index in [9.17, 15) is 0 Å². The zero-order valence-electron chi connectivity index (χ0n) is 11.6. The SMILES string of the molecule is NCCc1ccc(Cl)cc1Sc1ccc2ccccc2c1. The average Bonchev–Trinajstić information content (AvgIpc) is 2.50. The molecule has 2 N–H and O–H groups in total. The number of benzene rings is 3. The van der Waals surface area contributed by atoms with Crippen LogP contribution >= 0.6 is 23.4 Å². The van der Waals surface area contributed by atoms with Crippen molar-refractivity contribution >= 4 is 34.1 Å². The van der Waals surface area contributed by atoms with E-state index in [2.05, 4.69) is 48.5 Å². The minimum absolute atomic E-state index is 0.646. The van der Waals surface area contributed by atoms with E-state index in [4.69, 9.17) is 17.3 Å². The molecule has 0 bridgehead atoms. The lowest BCUT2D eigenvalue weighted by atomic mass is 10.1. The van der Waals surface area contributed by atoms with Crippen molar-refractivity contribution in [3.05, 3.63) is 71.2 Å². The highest BCUT2D eigenvalue weighted by Crippen LogP contribution is 2.34. The molecule has 0 aliphatic rings. The van der Waals surface area contributed by atoms with E-state index in [0.717, 1.165) is 11.4 Å². The maximum atomic E-state index is 6.13. The molecule has 3 heteroatoms. The minimum atomic E-state index is 0.646. The van der Waals surface area contributed by atoms with Crippen LogP contribution in [-0.2, 0) is 6.42 Å². The van der Waals surface area contributed by atoms with E-state index in [0.29, 0.717) is 6.54 Å². The summed E-state index contributed by atoms with van der Waals surface area (Å²) in [5.74, 6) is 0. The molecule has 0 aliphatic heterocycles. The third kappa shape index (κ3) is 3.41. The lowest BCUT2D eigenvalue weighted by Crippen LogP contribution is -2.03. The molecule has 0 atom stereocenters. The van der Waals surface area contributed by atoms with Crippen molar-refractivity contribution in [2.45, 2.75) is 16.2 Å². The third-order valence-electron chi connectivity index (χ3n) is 3.39. The highest BCUT2D eigenvalue weighted by Gasteiger charge is 2.06. The van der Waals surface area contributed by atoms with E-state index in [1.165, 1.54) is 26.1 Å². The average molecular weight is 314 g/mol. The molecule has 1 nitrogen and oxygen atoms in total. The smallest absolute Gasteiger partial charge is 0.0417 e. The van der Waals surface area contributed by atoms with Crippen molar-refractivity contribution < 1.29 is 0 Å². The molecule has 3 rings (SSSR count). The number of hydrogen-bond donors (Lipinski definition) is 1. The molecule has 0 aromatic heterocycles. The van der Waals surface area contributed by atoms with Gasteiger partial charge in [-0.2, -0.15) is 0 Å². The van der Waals surface area contributed by atoms with Crippen molar-refractivity contribution in [2.24, 2.45) is 5.73 Å². The second kappa shape index (κ2) is 6.52. The van der Waals surface area contributed by atoms with Gasteiger partial charge in [0.15, 0.2) is 0 Å². The zero-order valence-corrected chi connectivity index (χ0v) is 13.1. The first-order valence-corrected chi connectivity index (χ1v) is 8.11. The first-order valence-electron chi connectivity index (χ1n) is 6.91. The largest absolute Gasteiger partial charge is 0.330 e. The van der Waals surface area contributed by atoms with Gasteiger partial charge in [-0.25, -0.2) is 0 Å². The normalized spacial score (nSPS) is 11.0. The standard InChI is InChI=1S/C18H16ClNS/c19-16-7-5-14(9-10-20)18(12-16)21-17-8-6-13-3-1-2-4-15(13)11-17/h1-8,11-12H,9-10,20H2. The fourth-order valence-corrected chi connectivity index (χ4v) is 3.64. The molecule has 0 fully saturated rings. The summed E-state index contributed by atoms with van der Waals surface area (Å²) in [6.45, 7) is 0.646. The minimum Gasteiger partial charge on any atom is -0.330 e. The molecule has 3 aromatic carbocycles. The van der Waals surface area contributed by atoms with Gasteiger partial charge >= 0.3 is 0 Å². The Kier molecular flexibility index (Phi) is 4.49. The second-order valence-corrected chi connectivity index (χ2v) is 6.45. The number of nitrogens with two attached hydrogens (primary N) is 1. The molecule has 0 heterocycles. The number of fused-ring (bicyclic) bond motifs is 1. The lowest BCUT2D eigenvalue weighted by molar-refractivity contribution is 0.944.